The summed E-state index contributed by atoms with van der Waals surface area (Å²) in [5.74, 6) is -0.0111. The van der Waals surface area contributed by atoms with Gasteiger partial charge in [0.2, 0.25) is 0 Å². The quantitative estimate of drug-likeness (QED) is 0.538. The van der Waals surface area contributed by atoms with Crippen molar-refractivity contribution >= 4 is 25.3 Å². The molecule has 0 bridgehead atoms. The van der Waals surface area contributed by atoms with E-state index in [2.05, 4.69) is 17.2 Å². The zero-order valence-electron chi connectivity index (χ0n) is 10.9. The Morgan fingerprint density at radius 1 is 1.71 bits per heavy atom. The average molecular weight is 338 g/mol. The number of rotatable bonds is 4. The van der Waals surface area contributed by atoms with Crippen LogP contribution in [-0.2, 0) is 13.8 Å². The van der Waals surface area contributed by atoms with Crippen LogP contribution in [0, 0.1) is 0 Å². The van der Waals surface area contributed by atoms with Crippen LogP contribution < -0.4 is 11.4 Å². The number of nitrogens with two attached hydrogens (primary N) is 1. The molecule has 1 aliphatic heterocycles. The molecule has 6 atom stereocenters. The maximum absolute atomic E-state index is 14.4. The highest BCUT2D eigenvalue weighted by Gasteiger charge is 2.52. The molecule has 0 aliphatic carbocycles. The third-order valence-corrected chi connectivity index (χ3v) is 3.73. The third-order valence-electron chi connectivity index (χ3n) is 3.02. The average Bonchev–Trinajstić information content (AvgIpc) is 2.67. The van der Waals surface area contributed by atoms with E-state index < -0.39 is 43.6 Å². The molecule has 1 aromatic heterocycles. The number of aliphatic hydroxyl groups excluding tert-OH is 1. The molecule has 116 valence electrons. The predicted octanol–water partition coefficient (Wildman–Crippen LogP) is 0.414. The molecule has 1 fully saturated rings. The molecule has 21 heavy (non-hydrogen) atoms. The Balaban J connectivity index is 2.33. The number of aromatic nitrogens is 2. The smallest absolute Gasteiger partial charge is 0.391 e. The van der Waals surface area contributed by atoms with E-state index in [-0.39, 0.29) is 5.82 Å². The van der Waals surface area contributed by atoms with Crippen LogP contribution in [-0.4, -0.2) is 39.1 Å². The Kier molecular flexibility index (Phi) is 4.95. The highest BCUT2D eigenvalue weighted by atomic mass is 32.7. The molecular formula is C10H14FN3O5PS+. The fourth-order valence-electron chi connectivity index (χ4n) is 2.11. The first kappa shape index (κ1) is 16.3. The maximum Gasteiger partial charge on any atom is 0.582 e. The molecule has 0 spiro atoms. The molecule has 2 heterocycles. The number of nitrogens with zero attached hydrogens (tertiary/aromatic N) is 2. The lowest BCUT2D eigenvalue weighted by Crippen LogP contribution is -2.37. The fourth-order valence-corrected chi connectivity index (χ4v) is 2.88. The van der Waals surface area contributed by atoms with Gasteiger partial charge in [-0.25, -0.2) is 9.18 Å². The lowest BCUT2D eigenvalue weighted by Gasteiger charge is -2.17. The lowest BCUT2D eigenvalue weighted by molar-refractivity contribution is -0.0747. The molecule has 0 radical (unpaired) electrons. The summed E-state index contributed by atoms with van der Waals surface area (Å²) >= 11 is 3.56. The van der Waals surface area contributed by atoms with Gasteiger partial charge in [-0.1, -0.05) is 0 Å². The van der Waals surface area contributed by atoms with E-state index in [0.29, 0.717) is 0 Å². The van der Waals surface area contributed by atoms with Crippen molar-refractivity contribution in [3.05, 3.63) is 22.7 Å². The summed E-state index contributed by atoms with van der Waals surface area (Å²) in [5.41, 5.74) is 4.55. The van der Waals surface area contributed by atoms with Gasteiger partial charge >= 0.3 is 12.9 Å². The summed E-state index contributed by atoms with van der Waals surface area (Å²) in [6.45, 7) is 1.37. The summed E-state index contributed by atoms with van der Waals surface area (Å²) in [7, 11) is -2.40. The zero-order chi connectivity index (χ0) is 15.7. The second-order valence-corrected chi connectivity index (χ2v) is 6.19. The first-order valence-electron chi connectivity index (χ1n) is 5.96. The molecule has 8 nitrogen and oxygen atoms in total. The number of thiol groups is 1. The third kappa shape index (κ3) is 3.41. The van der Waals surface area contributed by atoms with E-state index in [1.54, 1.807) is 0 Å². The van der Waals surface area contributed by atoms with Crippen LogP contribution in [0.25, 0.3) is 0 Å². The van der Waals surface area contributed by atoms with Crippen LogP contribution in [0.1, 0.15) is 13.2 Å². The summed E-state index contributed by atoms with van der Waals surface area (Å²) in [6, 6.07) is 1.31. The van der Waals surface area contributed by atoms with Gasteiger partial charge in [-0.3, -0.25) is 4.57 Å². The van der Waals surface area contributed by atoms with Crippen molar-refractivity contribution in [1.82, 2.24) is 9.55 Å². The maximum atomic E-state index is 14.4. The monoisotopic (exact) mass is 338 g/mol. The Morgan fingerprint density at radius 3 is 2.90 bits per heavy atom. The van der Waals surface area contributed by atoms with Gasteiger partial charge in [0.25, 0.3) is 0 Å². The first-order chi connectivity index (χ1) is 9.81. The normalized spacial score (nSPS) is 31.1. The lowest BCUT2D eigenvalue weighted by atomic mass is 10.1. The summed E-state index contributed by atoms with van der Waals surface area (Å²) in [4.78, 5) is 15.2. The van der Waals surface area contributed by atoms with E-state index in [1.165, 1.54) is 19.2 Å². The summed E-state index contributed by atoms with van der Waals surface area (Å²) in [6.07, 6.45) is -5.48. The first-order valence-corrected chi connectivity index (χ1v) is 8.29. The Morgan fingerprint density at radius 2 is 2.38 bits per heavy atom. The molecule has 1 saturated heterocycles. The number of alkyl halides is 1. The van der Waals surface area contributed by atoms with E-state index in [1.807, 2.05) is 0 Å². The van der Waals surface area contributed by atoms with Gasteiger partial charge in [0.05, 0.1) is 6.10 Å². The van der Waals surface area contributed by atoms with Crippen molar-refractivity contribution in [3.8, 4) is 0 Å². The second-order valence-electron chi connectivity index (χ2n) is 4.53. The van der Waals surface area contributed by atoms with E-state index >= 15 is 0 Å². The molecule has 11 heteroatoms. The Hall–Kier alpha value is -1.06. The van der Waals surface area contributed by atoms with Gasteiger partial charge in [-0.15, -0.1) is 4.52 Å². The van der Waals surface area contributed by atoms with Crippen LogP contribution in [0.2, 0.25) is 0 Å². The number of hydrogen-bond acceptors (Lipinski definition) is 7. The SMILES string of the molecule is C[C@H](O)[C@H]1O[C@@H](n2ccc(N)nc2=O)C(F)[C@H]1O[P+](=O)S. The molecular weight excluding hydrogens is 324 g/mol. The van der Waals surface area contributed by atoms with Crippen molar-refractivity contribution in [3.63, 3.8) is 0 Å². The molecule has 0 aromatic carbocycles. The van der Waals surface area contributed by atoms with Gasteiger partial charge < -0.3 is 15.6 Å². The summed E-state index contributed by atoms with van der Waals surface area (Å²) in [5, 5.41) is 9.62. The molecule has 3 N–H and O–H groups in total. The number of nitrogen functional groups attached to an aromatic ring is 1. The van der Waals surface area contributed by atoms with Crippen molar-refractivity contribution in [2.45, 2.75) is 37.6 Å². The van der Waals surface area contributed by atoms with Crippen molar-refractivity contribution in [2.75, 3.05) is 5.73 Å². The van der Waals surface area contributed by atoms with Crippen LogP contribution in [0.3, 0.4) is 0 Å². The van der Waals surface area contributed by atoms with Gasteiger partial charge in [0.1, 0.15) is 24.2 Å². The van der Waals surface area contributed by atoms with Crippen molar-refractivity contribution in [1.29, 1.82) is 0 Å². The van der Waals surface area contributed by atoms with E-state index in [4.69, 9.17) is 15.0 Å². The van der Waals surface area contributed by atoms with Crippen molar-refractivity contribution < 1.29 is 23.3 Å². The number of aliphatic hydroxyl groups is 1. The second kappa shape index (κ2) is 6.37. The Labute approximate surface area is 125 Å². The molecule has 0 saturated carbocycles. The molecule has 0 amide bonds. The molecule has 2 unspecified atom stereocenters. The minimum absolute atomic E-state index is 0.0111. The Bertz CT molecular complexity index is 600. The largest absolute Gasteiger partial charge is 0.582 e. The zero-order valence-corrected chi connectivity index (χ0v) is 12.7. The molecule has 1 aromatic rings. The van der Waals surface area contributed by atoms with Crippen LogP contribution in [0.5, 0.6) is 0 Å². The highest BCUT2D eigenvalue weighted by molar-refractivity contribution is 8.39. The summed E-state index contributed by atoms with van der Waals surface area (Å²) < 4.78 is 36.6. The standard InChI is InChI=1S/C10H13FN3O5PS/c1-4(15)7-8(19-20(17)21)6(11)9(18-7)14-3-2-5(12)13-10(14)16/h2-4,6-9,15H,1H3,(H2-,12,13,16,17,21)/p+1/t4-,6?,7+,8+,9+/m0/s1. The fraction of sp³-hybridized carbons (Fsp3) is 0.600. The number of ether oxygens (including phenoxy) is 1. The minimum atomic E-state index is -2.40. The molecule has 1 aliphatic rings. The van der Waals surface area contributed by atoms with Gasteiger partial charge in [0.15, 0.2) is 18.5 Å². The van der Waals surface area contributed by atoms with Crippen LogP contribution >= 0.6 is 19.5 Å². The highest BCUT2D eigenvalue weighted by Crippen LogP contribution is 2.41. The van der Waals surface area contributed by atoms with E-state index in [9.17, 15) is 18.9 Å². The predicted molar refractivity (Wildman–Crippen MR) is 74.9 cm³/mol. The van der Waals surface area contributed by atoms with Gasteiger partial charge in [-0.2, -0.15) is 4.98 Å². The number of anilines is 1. The minimum Gasteiger partial charge on any atom is -0.391 e. The molecule has 2 rings (SSSR count). The van der Waals surface area contributed by atoms with Crippen LogP contribution in [0.4, 0.5) is 10.2 Å². The number of halogens is 1. The van der Waals surface area contributed by atoms with E-state index in [0.717, 1.165) is 4.57 Å². The number of hydrogen-bond donors (Lipinski definition) is 3. The van der Waals surface area contributed by atoms with Crippen molar-refractivity contribution in [2.24, 2.45) is 0 Å². The van der Waals surface area contributed by atoms with Gasteiger partial charge in [-0.05, 0) is 17.6 Å². The topological polar surface area (TPSA) is 117 Å². The van der Waals surface area contributed by atoms with Gasteiger partial charge in [0, 0.05) is 6.20 Å². The van der Waals surface area contributed by atoms with Crippen LogP contribution in [0.15, 0.2) is 17.1 Å².